The summed E-state index contributed by atoms with van der Waals surface area (Å²) in [5.41, 5.74) is 4.78. The first-order valence-electron chi connectivity index (χ1n) is 15.0. The number of hydrogen-bond acceptors (Lipinski definition) is 3. The summed E-state index contributed by atoms with van der Waals surface area (Å²) in [4.78, 5) is 25.8. The molecule has 6 rings (SSSR count). The second-order valence-electron chi connectivity index (χ2n) is 14.6. The van der Waals surface area contributed by atoms with Crippen molar-refractivity contribution in [3.63, 3.8) is 0 Å². The predicted molar refractivity (Wildman–Crippen MR) is 160 cm³/mol. The summed E-state index contributed by atoms with van der Waals surface area (Å²) < 4.78 is 0. The van der Waals surface area contributed by atoms with Gasteiger partial charge in [-0.15, -0.1) is 0 Å². The molecule has 40 heavy (non-hydrogen) atoms. The van der Waals surface area contributed by atoms with E-state index in [-0.39, 0.29) is 44.8 Å². The first-order chi connectivity index (χ1) is 18.7. The molecule has 0 saturated heterocycles. The van der Waals surface area contributed by atoms with Crippen molar-refractivity contribution >= 4 is 17.5 Å². The highest BCUT2D eigenvalue weighted by Crippen LogP contribution is 2.75. The molecule has 3 saturated carbocycles. The zero-order valence-electron chi connectivity index (χ0n) is 24.9. The van der Waals surface area contributed by atoms with Crippen LogP contribution in [-0.2, 0) is 4.79 Å². The number of rotatable bonds is 2. The van der Waals surface area contributed by atoms with E-state index >= 15 is 0 Å². The van der Waals surface area contributed by atoms with Crippen LogP contribution in [0.2, 0.25) is 0 Å². The molecule has 0 spiro atoms. The molecular formula is C35H44N2O3. The fourth-order valence-corrected chi connectivity index (χ4v) is 9.53. The lowest BCUT2D eigenvalue weighted by molar-refractivity contribution is -0.152. The van der Waals surface area contributed by atoms with Crippen molar-refractivity contribution in [2.75, 3.05) is 5.32 Å². The van der Waals surface area contributed by atoms with Crippen LogP contribution in [-0.4, -0.2) is 22.5 Å². The molecule has 5 nitrogen and oxygen atoms in total. The number of anilines is 1. The van der Waals surface area contributed by atoms with Gasteiger partial charge in [-0.3, -0.25) is 4.79 Å². The van der Waals surface area contributed by atoms with E-state index < -0.39 is 0 Å². The molecule has 0 heterocycles. The van der Waals surface area contributed by atoms with Gasteiger partial charge < -0.3 is 15.7 Å². The first-order valence-corrected chi connectivity index (χ1v) is 15.0. The van der Waals surface area contributed by atoms with Crippen LogP contribution in [0.5, 0.6) is 0 Å². The van der Waals surface area contributed by atoms with Gasteiger partial charge in [0.25, 0.3) is 0 Å². The summed E-state index contributed by atoms with van der Waals surface area (Å²) in [5, 5.41) is 16.8. The number of amides is 2. The summed E-state index contributed by atoms with van der Waals surface area (Å²) in [7, 11) is 0. The van der Waals surface area contributed by atoms with Gasteiger partial charge in [0.05, 0.1) is 0 Å². The maximum Gasteiger partial charge on any atom is 0.319 e. The van der Waals surface area contributed by atoms with E-state index in [0.717, 1.165) is 61.8 Å². The van der Waals surface area contributed by atoms with Crippen molar-refractivity contribution in [3.05, 3.63) is 76.6 Å². The normalized spacial score (nSPS) is 40.4. The monoisotopic (exact) mass is 540 g/mol. The molecule has 0 unspecified atom stereocenters. The van der Waals surface area contributed by atoms with Gasteiger partial charge in [0.15, 0.2) is 5.76 Å². The van der Waals surface area contributed by atoms with Gasteiger partial charge in [-0.05, 0) is 110 Å². The molecule has 212 valence electrons. The standard InChI is InChI=1S/C35H44N2O3/c1-22-24-12-13-27-33(4,25(24)20-26(38)29(22)39)17-19-35(6)28-21-32(3,16-14-31(28,2)15-18-34(27,35)5)37-30(40)36-23-10-8-7-9-11-23/h7-13,20,28,39H,14-19,21H2,1-6H3,(H2,36,37,40)/t28-,31-,32-,33+,34-,35+/m1/s1. The van der Waals surface area contributed by atoms with Crippen molar-refractivity contribution < 1.29 is 14.7 Å². The average Bonchev–Trinajstić information content (AvgIpc) is 2.91. The van der Waals surface area contributed by atoms with Gasteiger partial charge in [0.2, 0.25) is 5.78 Å². The topological polar surface area (TPSA) is 78.4 Å². The minimum atomic E-state index is -0.281. The third-order valence-corrected chi connectivity index (χ3v) is 12.3. The summed E-state index contributed by atoms with van der Waals surface area (Å²) in [6.45, 7) is 13.9. The molecule has 1 aromatic carbocycles. The molecule has 6 atom stereocenters. The summed E-state index contributed by atoms with van der Waals surface area (Å²) in [6.07, 6.45) is 13.5. The Balaban J connectivity index is 1.33. The fraction of sp³-hybridized carbons (Fsp3) is 0.543. The molecule has 0 bridgehead atoms. The van der Waals surface area contributed by atoms with E-state index in [1.54, 1.807) is 6.08 Å². The number of urea groups is 1. The Labute approximate surface area is 238 Å². The Morgan fingerprint density at radius 3 is 2.35 bits per heavy atom. The van der Waals surface area contributed by atoms with Gasteiger partial charge in [-0.1, -0.05) is 63.6 Å². The highest BCUT2D eigenvalue weighted by Gasteiger charge is 2.66. The minimum absolute atomic E-state index is 0.0300. The largest absolute Gasteiger partial charge is 0.504 e. The summed E-state index contributed by atoms with van der Waals surface area (Å²) >= 11 is 0. The lowest BCUT2D eigenvalue weighted by atomic mass is 9.35. The molecule has 5 heteroatoms. The van der Waals surface area contributed by atoms with Gasteiger partial charge in [-0.25, -0.2) is 4.79 Å². The van der Waals surface area contributed by atoms with Crippen LogP contribution in [0, 0.1) is 27.6 Å². The Bertz CT molecular complexity index is 1420. The average molecular weight is 541 g/mol. The van der Waals surface area contributed by atoms with Crippen LogP contribution in [0.15, 0.2) is 76.6 Å². The third-order valence-electron chi connectivity index (χ3n) is 12.3. The first kappa shape index (κ1) is 27.1. The zero-order valence-corrected chi connectivity index (χ0v) is 24.9. The number of carbonyl (C=O) groups excluding carboxylic acids is 2. The molecule has 1 aromatic rings. The van der Waals surface area contributed by atoms with Crippen LogP contribution < -0.4 is 10.6 Å². The van der Waals surface area contributed by atoms with E-state index in [9.17, 15) is 14.7 Å². The van der Waals surface area contributed by atoms with Crippen molar-refractivity contribution in [1.29, 1.82) is 0 Å². The van der Waals surface area contributed by atoms with E-state index in [4.69, 9.17) is 0 Å². The molecule has 0 aliphatic heterocycles. The van der Waals surface area contributed by atoms with Crippen LogP contribution >= 0.6 is 0 Å². The SMILES string of the molecule is CC1=C(O)C(=O)C=C2C1=CC=C1[C@@]2(C)CC[C@@]2(C)[C@@H]3C[C@](C)(NC(=O)Nc4ccccc4)CC[C@]3(C)CC[C@]12C. The zero-order chi connectivity index (χ0) is 28.7. The minimum Gasteiger partial charge on any atom is -0.504 e. The molecular weight excluding hydrogens is 496 g/mol. The number of benzene rings is 1. The Hall–Kier alpha value is -3.08. The predicted octanol–water partition coefficient (Wildman–Crippen LogP) is 8.19. The van der Waals surface area contributed by atoms with E-state index in [1.807, 2.05) is 37.3 Å². The Kier molecular flexibility index (Phi) is 5.90. The van der Waals surface area contributed by atoms with Crippen molar-refractivity contribution in [1.82, 2.24) is 5.32 Å². The van der Waals surface area contributed by atoms with Crippen LogP contribution in [0.25, 0.3) is 0 Å². The van der Waals surface area contributed by atoms with Crippen molar-refractivity contribution in [2.24, 2.45) is 27.6 Å². The lowest BCUT2D eigenvalue weighted by Gasteiger charge is -2.70. The quantitative estimate of drug-likeness (QED) is 0.354. The highest BCUT2D eigenvalue weighted by molar-refractivity contribution is 6.06. The number of hydrogen-bond donors (Lipinski definition) is 3. The van der Waals surface area contributed by atoms with E-state index in [1.165, 1.54) is 5.57 Å². The number of aliphatic hydroxyl groups excluding tert-OH is 1. The van der Waals surface area contributed by atoms with Gasteiger partial charge in [0, 0.05) is 22.2 Å². The van der Waals surface area contributed by atoms with Gasteiger partial charge in [0.1, 0.15) is 0 Å². The lowest BCUT2D eigenvalue weighted by Crippen LogP contribution is -2.64. The smallest absolute Gasteiger partial charge is 0.319 e. The molecule has 5 aliphatic rings. The molecule has 5 aliphatic carbocycles. The maximum absolute atomic E-state index is 13.1. The van der Waals surface area contributed by atoms with Crippen LogP contribution in [0.3, 0.4) is 0 Å². The summed E-state index contributed by atoms with van der Waals surface area (Å²) in [5.74, 6) is 0.0590. The molecule has 0 radical (unpaired) electrons. The number of para-hydroxylation sites is 1. The Morgan fingerprint density at radius 2 is 1.62 bits per heavy atom. The van der Waals surface area contributed by atoms with Gasteiger partial charge in [-0.2, -0.15) is 0 Å². The number of fused-ring (bicyclic) bond motifs is 7. The summed E-state index contributed by atoms with van der Waals surface area (Å²) in [6, 6.07) is 9.51. The molecule has 3 fully saturated rings. The second kappa shape index (κ2) is 8.71. The number of aliphatic hydroxyl groups is 1. The number of nitrogens with one attached hydrogen (secondary N) is 2. The van der Waals surface area contributed by atoms with E-state index in [0.29, 0.717) is 11.5 Å². The molecule has 0 aromatic heterocycles. The highest BCUT2D eigenvalue weighted by atomic mass is 16.3. The van der Waals surface area contributed by atoms with Crippen LogP contribution in [0.1, 0.15) is 86.5 Å². The fourth-order valence-electron chi connectivity index (χ4n) is 9.53. The van der Waals surface area contributed by atoms with Crippen LogP contribution in [0.4, 0.5) is 10.5 Å². The van der Waals surface area contributed by atoms with Crippen molar-refractivity contribution in [2.45, 2.75) is 92.0 Å². The maximum atomic E-state index is 13.1. The molecule has 3 N–H and O–H groups in total. The van der Waals surface area contributed by atoms with Crippen molar-refractivity contribution in [3.8, 4) is 0 Å². The third kappa shape index (κ3) is 3.72. The number of carbonyl (C=O) groups is 2. The number of allylic oxidation sites excluding steroid dienone is 7. The number of ketones is 1. The molecule has 2 amide bonds. The second-order valence-corrected chi connectivity index (χ2v) is 14.6. The van der Waals surface area contributed by atoms with E-state index in [2.05, 4.69) is 57.4 Å². The Morgan fingerprint density at radius 1 is 0.925 bits per heavy atom. The van der Waals surface area contributed by atoms with Gasteiger partial charge >= 0.3 is 6.03 Å².